The molecule has 0 radical (unpaired) electrons. The Kier molecular flexibility index (Phi) is 5.51. The lowest BCUT2D eigenvalue weighted by molar-refractivity contribution is 0.290. The molecule has 2 nitrogen and oxygen atoms in total. The highest BCUT2D eigenvalue weighted by Crippen LogP contribution is 2.17. The fourth-order valence-corrected chi connectivity index (χ4v) is 1.82. The molecule has 0 fully saturated rings. The standard InChI is InChI=1S/C13H20F2N2/c1-3-17(4-2)6-5-13(16)10-7-11(14)9-12(15)8-10/h7-9,13H,3-6,16H2,1-2H3. The second-order valence-corrected chi connectivity index (χ2v) is 4.12. The van der Waals surface area contributed by atoms with Gasteiger partial charge in [0, 0.05) is 12.1 Å². The summed E-state index contributed by atoms with van der Waals surface area (Å²) in [4.78, 5) is 2.23. The summed E-state index contributed by atoms with van der Waals surface area (Å²) in [5.74, 6) is -1.14. The normalized spacial score (nSPS) is 13.1. The van der Waals surface area contributed by atoms with Crippen LogP contribution in [-0.2, 0) is 0 Å². The van der Waals surface area contributed by atoms with Crippen LogP contribution in [-0.4, -0.2) is 24.5 Å². The molecule has 0 heterocycles. The molecular formula is C13H20F2N2. The van der Waals surface area contributed by atoms with Gasteiger partial charge in [-0.25, -0.2) is 8.78 Å². The van der Waals surface area contributed by atoms with Gasteiger partial charge in [-0.05, 0) is 43.8 Å². The molecule has 0 aliphatic carbocycles. The number of nitrogens with two attached hydrogens (primary N) is 1. The van der Waals surface area contributed by atoms with E-state index >= 15 is 0 Å². The van der Waals surface area contributed by atoms with Crippen LogP contribution in [0.4, 0.5) is 8.78 Å². The van der Waals surface area contributed by atoms with Gasteiger partial charge in [0.25, 0.3) is 0 Å². The third-order valence-corrected chi connectivity index (χ3v) is 2.96. The average molecular weight is 242 g/mol. The summed E-state index contributed by atoms with van der Waals surface area (Å²) in [6, 6.07) is 3.15. The van der Waals surface area contributed by atoms with Crippen molar-refractivity contribution < 1.29 is 8.78 Å². The van der Waals surface area contributed by atoms with Crippen molar-refractivity contribution in [3.8, 4) is 0 Å². The van der Waals surface area contributed by atoms with Crippen LogP contribution in [0.1, 0.15) is 31.9 Å². The van der Waals surface area contributed by atoms with Gasteiger partial charge in [-0.2, -0.15) is 0 Å². The summed E-state index contributed by atoms with van der Waals surface area (Å²) in [5.41, 5.74) is 6.45. The first-order valence-electron chi connectivity index (χ1n) is 6.00. The molecule has 0 saturated carbocycles. The maximum Gasteiger partial charge on any atom is 0.126 e. The molecule has 0 aliphatic heterocycles. The first kappa shape index (κ1) is 14.1. The predicted molar refractivity (Wildman–Crippen MR) is 65.7 cm³/mol. The molecule has 1 aromatic rings. The molecule has 96 valence electrons. The van der Waals surface area contributed by atoms with Crippen LogP contribution in [0.5, 0.6) is 0 Å². The number of nitrogens with zero attached hydrogens (tertiary/aromatic N) is 1. The minimum atomic E-state index is -0.571. The highest BCUT2D eigenvalue weighted by molar-refractivity contribution is 5.21. The molecule has 0 spiro atoms. The van der Waals surface area contributed by atoms with E-state index in [1.54, 1.807) is 0 Å². The van der Waals surface area contributed by atoms with Gasteiger partial charge in [-0.1, -0.05) is 13.8 Å². The Bertz CT molecular complexity index is 331. The van der Waals surface area contributed by atoms with Crippen molar-refractivity contribution in [1.29, 1.82) is 0 Å². The van der Waals surface area contributed by atoms with Crippen molar-refractivity contribution in [3.63, 3.8) is 0 Å². The fraction of sp³-hybridized carbons (Fsp3) is 0.538. The number of halogens is 2. The first-order valence-corrected chi connectivity index (χ1v) is 6.00. The topological polar surface area (TPSA) is 29.3 Å². The van der Waals surface area contributed by atoms with Crippen LogP contribution in [0.2, 0.25) is 0 Å². The zero-order valence-corrected chi connectivity index (χ0v) is 10.4. The summed E-state index contributed by atoms with van der Waals surface area (Å²) in [6.45, 7) is 6.92. The van der Waals surface area contributed by atoms with E-state index in [1.165, 1.54) is 12.1 Å². The van der Waals surface area contributed by atoms with E-state index in [9.17, 15) is 8.78 Å². The zero-order chi connectivity index (χ0) is 12.8. The molecule has 1 aromatic carbocycles. The maximum atomic E-state index is 13.0. The molecule has 1 unspecified atom stereocenters. The second kappa shape index (κ2) is 6.67. The van der Waals surface area contributed by atoms with E-state index in [4.69, 9.17) is 5.73 Å². The van der Waals surface area contributed by atoms with Gasteiger partial charge < -0.3 is 10.6 Å². The molecule has 17 heavy (non-hydrogen) atoms. The van der Waals surface area contributed by atoms with Gasteiger partial charge in [-0.3, -0.25) is 0 Å². The molecule has 4 heteroatoms. The third-order valence-electron chi connectivity index (χ3n) is 2.96. The predicted octanol–water partition coefficient (Wildman–Crippen LogP) is 2.70. The van der Waals surface area contributed by atoms with Gasteiger partial charge >= 0.3 is 0 Å². The highest BCUT2D eigenvalue weighted by atomic mass is 19.1. The highest BCUT2D eigenvalue weighted by Gasteiger charge is 2.10. The number of rotatable bonds is 6. The first-order chi connectivity index (χ1) is 8.06. The maximum absolute atomic E-state index is 13.0. The van der Waals surface area contributed by atoms with Crippen molar-refractivity contribution in [2.75, 3.05) is 19.6 Å². The Balaban J connectivity index is 2.60. The van der Waals surface area contributed by atoms with Gasteiger partial charge in [-0.15, -0.1) is 0 Å². The van der Waals surface area contributed by atoms with Gasteiger partial charge in [0.05, 0.1) is 0 Å². The van der Waals surface area contributed by atoms with Crippen LogP contribution in [0.25, 0.3) is 0 Å². The van der Waals surface area contributed by atoms with E-state index in [-0.39, 0.29) is 6.04 Å². The molecule has 0 aromatic heterocycles. The second-order valence-electron chi connectivity index (χ2n) is 4.12. The van der Waals surface area contributed by atoms with Crippen LogP contribution < -0.4 is 5.73 Å². The lowest BCUT2D eigenvalue weighted by atomic mass is 10.0. The van der Waals surface area contributed by atoms with E-state index in [1.807, 2.05) is 0 Å². The Morgan fingerprint density at radius 3 is 2.12 bits per heavy atom. The van der Waals surface area contributed by atoms with Crippen LogP contribution in [0.3, 0.4) is 0 Å². The lowest BCUT2D eigenvalue weighted by Crippen LogP contribution is -2.27. The van der Waals surface area contributed by atoms with Crippen LogP contribution in [0, 0.1) is 11.6 Å². The van der Waals surface area contributed by atoms with Crippen molar-refractivity contribution in [2.45, 2.75) is 26.3 Å². The lowest BCUT2D eigenvalue weighted by Gasteiger charge is -2.20. The molecule has 1 rings (SSSR count). The van der Waals surface area contributed by atoms with Crippen LogP contribution >= 0.6 is 0 Å². The Labute approximate surface area is 101 Å². The average Bonchev–Trinajstić information content (AvgIpc) is 2.28. The minimum absolute atomic E-state index is 0.319. The zero-order valence-electron chi connectivity index (χ0n) is 10.4. The summed E-state index contributed by atoms with van der Waals surface area (Å²) in [7, 11) is 0. The van der Waals surface area contributed by atoms with Crippen molar-refractivity contribution in [2.24, 2.45) is 5.73 Å². The Morgan fingerprint density at radius 2 is 1.65 bits per heavy atom. The van der Waals surface area contributed by atoms with Gasteiger partial charge in [0.15, 0.2) is 0 Å². The molecule has 0 saturated heterocycles. The number of hydrogen-bond donors (Lipinski definition) is 1. The fourth-order valence-electron chi connectivity index (χ4n) is 1.82. The minimum Gasteiger partial charge on any atom is -0.324 e. The van der Waals surface area contributed by atoms with Gasteiger partial charge in [0.2, 0.25) is 0 Å². The SMILES string of the molecule is CCN(CC)CCC(N)c1cc(F)cc(F)c1. The molecule has 2 N–H and O–H groups in total. The summed E-state index contributed by atoms with van der Waals surface area (Å²) in [5, 5.41) is 0. The van der Waals surface area contributed by atoms with Crippen molar-refractivity contribution in [1.82, 2.24) is 4.90 Å². The summed E-state index contributed by atoms with van der Waals surface area (Å²) in [6.07, 6.45) is 0.699. The van der Waals surface area contributed by atoms with E-state index in [0.717, 1.165) is 25.7 Å². The van der Waals surface area contributed by atoms with Crippen molar-refractivity contribution in [3.05, 3.63) is 35.4 Å². The molecular weight excluding hydrogens is 222 g/mol. The largest absolute Gasteiger partial charge is 0.324 e. The Hall–Kier alpha value is -1.00. The number of benzene rings is 1. The number of hydrogen-bond acceptors (Lipinski definition) is 2. The summed E-state index contributed by atoms with van der Waals surface area (Å²) >= 11 is 0. The molecule has 0 bridgehead atoms. The quantitative estimate of drug-likeness (QED) is 0.831. The Morgan fingerprint density at radius 1 is 1.12 bits per heavy atom. The molecule has 0 amide bonds. The third kappa shape index (κ3) is 4.40. The van der Waals surface area contributed by atoms with E-state index in [0.29, 0.717) is 12.0 Å². The smallest absolute Gasteiger partial charge is 0.126 e. The van der Waals surface area contributed by atoms with E-state index in [2.05, 4.69) is 18.7 Å². The van der Waals surface area contributed by atoms with E-state index < -0.39 is 11.6 Å². The molecule has 1 atom stereocenters. The summed E-state index contributed by atoms with van der Waals surface area (Å²) < 4.78 is 26.0. The van der Waals surface area contributed by atoms with Crippen LogP contribution in [0.15, 0.2) is 18.2 Å². The molecule has 0 aliphatic rings. The monoisotopic (exact) mass is 242 g/mol. The van der Waals surface area contributed by atoms with Gasteiger partial charge in [0.1, 0.15) is 11.6 Å². The van der Waals surface area contributed by atoms with Crippen molar-refractivity contribution >= 4 is 0 Å².